The van der Waals surface area contributed by atoms with Crippen molar-refractivity contribution in [3.8, 4) is 5.75 Å². The van der Waals surface area contributed by atoms with E-state index in [9.17, 15) is 0 Å². The number of halogens is 1. The fourth-order valence-electron chi connectivity index (χ4n) is 1.53. The van der Waals surface area contributed by atoms with E-state index in [1.165, 1.54) is 11.1 Å². The van der Waals surface area contributed by atoms with Crippen LogP contribution in [0.25, 0.3) is 0 Å². The zero-order valence-corrected chi connectivity index (χ0v) is 10.9. The van der Waals surface area contributed by atoms with Gasteiger partial charge in [-0.2, -0.15) is 0 Å². The highest BCUT2D eigenvalue weighted by molar-refractivity contribution is 6.21. The van der Waals surface area contributed by atoms with Crippen molar-refractivity contribution in [2.45, 2.75) is 33.1 Å². The Bertz CT molecular complexity index is 339. The number of hydrogen-bond acceptors (Lipinski definition) is 1. The van der Waals surface area contributed by atoms with Crippen molar-refractivity contribution in [3.63, 3.8) is 0 Å². The molecule has 0 radical (unpaired) electrons. The van der Waals surface area contributed by atoms with Gasteiger partial charge < -0.3 is 4.74 Å². The smallest absolute Gasteiger partial charge is 0.119 e. The van der Waals surface area contributed by atoms with Crippen LogP contribution in [-0.2, 0) is 0 Å². The molecule has 1 aromatic carbocycles. The van der Waals surface area contributed by atoms with Crippen LogP contribution < -0.4 is 4.74 Å². The van der Waals surface area contributed by atoms with Gasteiger partial charge in [0.05, 0.1) is 12.5 Å². The normalized spacial score (nSPS) is 13.7. The molecule has 0 aromatic heterocycles. The first-order valence-corrected chi connectivity index (χ1v) is 5.58. The van der Waals surface area contributed by atoms with E-state index in [2.05, 4.69) is 33.8 Å². The number of alkyl halides is 1. The minimum absolute atomic E-state index is 0.0309. The molecule has 2 heteroatoms. The Balaban J connectivity index is 3.06. The lowest BCUT2D eigenvalue weighted by atomic mass is 9.86. The summed E-state index contributed by atoms with van der Waals surface area (Å²) in [5.41, 5.74) is 2.44. The largest absolute Gasteiger partial charge is 0.497 e. The third-order valence-electron chi connectivity index (χ3n) is 2.51. The molecule has 0 heterocycles. The molecule has 0 aliphatic carbocycles. The van der Waals surface area contributed by atoms with Crippen molar-refractivity contribution < 1.29 is 4.74 Å². The molecule has 0 bridgehead atoms. The first-order valence-electron chi connectivity index (χ1n) is 5.15. The van der Waals surface area contributed by atoms with Gasteiger partial charge in [0.1, 0.15) is 5.75 Å². The summed E-state index contributed by atoms with van der Waals surface area (Å²) in [5, 5.41) is 0.0309. The van der Waals surface area contributed by atoms with Crippen LogP contribution in [0.1, 0.15) is 37.3 Å². The second kappa shape index (κ2) is 4.44. The molecule has 0 saturated heterocycles. The Labute approximate surface area is 97.4 Å². The van der Waals surface area contributed by atoms with E-state index in [4.69, 9.17) is 16.3 Å². The van der Waals surface area contributed by atoms with Gasteiger partial charge in [-0.3, -0.25) is 0 Å². The Kier molecular flexibility index (Phi) is 3.67. The van der Waals surface area contributed by atoms with Gasteiger partial charge in [-0.15, -0.1) is 11.6 Å². The SMILES string of the molecule is COc1ccc(C(Cl)C(C)(C)C)c(C)c1. The highest BCUT2D eigenvalue weighted by Crippen LogP contribution is 2.40. The first-order chi connectivity index (χ1) is 6.86. The minimum atomic E-state index is 0.0309. The Morgan fingerprint density at radius 1 is 1.27 bits per heavy atom. The molecular weight excluding hydrogens is 208 g/mol. The quantitative estimate of drug-likeness (QED) is 0.682. The Morgan fingerprint density at radius 3 is 2.27 bits per heavy atom. The summed E-state index contributed by atoms with van der Waals surface area (Å²) in [6, 6.07) is 6.04. The molecular formula is C13H19ClO. The van der Waals surface area contributed by atoms with Crippen LogP contribution in [0.2, 0.25) is 0 Å². The summed E-state index contributed by atoms with van der Waals surface area (Å²) in [6.45, 7) is 8.51. The number of methoxy groups -OCH3 is 1. The Morgan fingerprint density at radius 2 is 1.87 bits per heavy atom. The number of aryl methyl sites for hydroxylation is 1. The summed E-state index contributed by atoms with van der Waals surface area (Å²) >= 11 is 6.44. The predicted octanol–water partition coefficient (Wildman–Crippen LogP) is 4.33. The van der Waals surface area contributed by atoms with E-state index in [0.717, 1.165) is 5.75 Å². The fourth-order valence-corrected chi connectivity index (χ4v) is 1.77. The number of benzene rings is 1. The number of rotatable bonds is 2. The molecule has 0 fully saturated rings. The van der Waals surface area contributed by atoms with Crippen LogP contribution in [0.3, 0.4) is 0 Å². The third kappa shape index (κ3) is 2.88. The van der Waals surface area contributed by atoms with Gasteiger partial charge >= 0.3 is 0 Å². The van der Waals surface area contributed by atoms with Crippen LogP contribution in [0, 0.1) is 12.3 Å². The van der Waals surface area contributed by atoms with Crippen molar-refractivity contribution >= 4 is 11.6 Å². The highest BCUT2D eigenvalue weighted by atomic mass is 35.5. The first kappa shape index (κ1) is 12.4. The highest BCUT2D eigenvalue weighted by Gasteiger charge is 2.25. The van der Waals surface area contributed by atoms with E-state index in [-0.39, 0.29) is 10.8 Å². The molecule has 15 heavy (non-hydrogen) atoms. The molecule has 0 amide bonds. The van der Waals surface area contributed by atoms with E-state index < -0.39 is 0 Å². The van der Waals surface area contributed by atoms with Gasteiger partial charge in [0.15, 0.2) is 0 Å². The second-order valence-electron chi connectivity index (χ2n) is 4.95. The second-order valence-corrected chi connectivity index (χ2v) is 5.39. The van der Waals surface area contributed by atoms with E-state index in [1.807, 2.05) is 12.1 Å². The van der Waals surface area contributed by atoms with E-state index >= 15 is 0 Å². The lowest BCUT2D eigenvalue weighted by Crippen LogP contribution is -2.14. The minimum Gasteiger partial charge on any atom is -0.497 e. The molecule has 84 valence electrons. The van der Waals surface area contributed by atoms with Crippen LogP contribution in [-0.4, -0.2) is 7.11 Å². The summed E-state index contributed by atoms with van der Waals surface area (Å²) in [5.74, 6) is 0.883. The fraction of sp³-hybridized carbons (Fsp3) is 0.538. The van der Waals surface area contributed by atoms with Gasteiger partial charge in [-0.25, -0.2) is 0 Å². The van der Waals surface area contributed by atoms with Crippen LogP contribution in [0.5, 0.6) is 5.75 Å². The lowest BCUT2D eigenvalue weighted by Gasteiger charge is -2.26. The summed E-state index contributed by atoms with van der Waals surface area (Å²) < 4.78 is 5.17. The van der Waals surface area contributed by atoms with Gasteiger partial charge in [0.25, 0.3) is 0 Å². The summed E-state index contributed by atoms with van der Waals surface area (Å²) in [7, 11) is 1.68. The molecule has 1 atom stereocenters. The van der Waals surface area contributed by atoms with Crippen molar-refractivity contribution in [1.82, 2.24) is 0 Å². The average Bonchev–Trinajstić information content (AvgIpc) is 2.15. The Hall–Kier alpha value is -0.690. The van der Waals surface area contributed by atoms with Gasteiger partial charge in [-0.1, -0.05) is 26.8 Å². The maximum Gasteiger partial charge on any atom is 0.119 e. The van der Waals surface area contributed by atoms with Crippen molar-refractivity contribution in [2.24, 2.45) is 5.41 Å². The average molecular weight is 227 g/mol. The third-order valence-corrected chi connectivity index (χ3v) is 3.40. The van der Waals surface area contributed by atoms with Gasteiger partial charge in [-0.05, 0) is 35.6 Å². The molecule has 0 aliphatic heterocycles. The topological polar surface area (TPSA) is 9.23 Å². The molecule has 0 spiro atoms. The summed E-state index contributed by atoms with van der Waals surface area (Å²) in [6.07, 6.45) is 0. The van der Waals surface area contributed by atoms with E-state index in [1.54, 1.807) is 7.11 Å². The predicted molar refractivity (Wildman–Crippen MR) is 65.8 cm³/mol. The van der Waals surface area contributed by atoms with Crippen LogP contribution >= 0.6 is 11.6 Å². The lowest BCUT2D eigenvalue weighted by molar-refractivity contribution is 0.392. The number of ether oxygens (including phenoxy) is 1. The van der Waals surface area contributed by atoms with Crippen molar-refractivity contribution in [1.29, 1.82) is 0 Å². The maximum atomic E-state index is 6.44. The van der Waals surface area contributed by atoms with Crippen LogP contribution in [0.4, 0.5) is 0 Å². The molecule has 0 saturated carbocycles. The van der Waals surface area contributed by atoms with Gasteiger partial charge in [0, 0.05) is 0 Å². The van der Waals surface area contributed by atoms with Crippen LogP contribution in [0.15, 0.2) is 18.2 Å². The summed E-state index contributed by atoms with van der Waals surface area (Å²) in [4.78, 5) is 0. The maximum absolute atomic E-state index is 6.44. The van der Waals surface area contributed by atoms with Gasteiger partial charge in [0.2, 0.25) is 0 Å². The number of hydrogen-bond donors (Lipinski definition) is 0. The zero-order valence-electron chi connectivity index (χ0n) is 10.1. The monoisotopic (exact) mass is 226 g/mol. The van der Waals surface area contributed by atoms with Crippen molar-refractivity contribution in [3.05, 3.63) is 29.3 Å². The zero-order chi connectivity index (χ0) is 11.6. The standard InChI is InChI=1S/C13H19ClO/c1-9-8-10(15-5)6-7-11(9)12(14)13(2,3)4/h6-8,12H,1-5H3. The van der Waals surface area contributed by atoms with Crippen molar-refractivity contribution in [2.75, 3.05) is 7.11 Å². The molecule has 0 N–H and O–H groups in total. The molecule has 1 nitrogen and oxygen atoms in total. The molecule has 1 rings (SSSR count). The molecule has 1 unspecified atom stereocenters. The molecule has 1 aromatic rings. The van der Waals surface area contributed by atoms with E-state index in [0.29, 0.717) is 0 Å². The molecule has 0 aliphatic rings.